The first-order chi connectivity index (χ1) is 11.2. The van der Waals surface area contributed by atoms with Gasteiger partial charge in [-0.05, 0) is 44.2 Å². The van der Waals surface area contributed by atoms with Gasteiger partial charge in [0.1, 0.15) is 17.0 Å². The molecule has 23 heavy (non-hydrogen) atoms. The third kappa shape index (κ3) is 2.61. The molecule has 0 saturated carbocycles. The lowest BCUT2D eigenvalue weighted by Gasteiger charge is -2.28. The molecule has 4 heteroatoms. The summed E-state index contributed by atoms with van der Waals surface area (Å²) >= 11 is 1.86. The molecule has 0 atom stereocenters. The normalized spacial score (nSPS) is 13.7. The van der Waals surface area contributed by atoms with Crippen LogP contribution in [0.1, 0.15) is 36.3 Å². The second-order valence-electron chi connectivity index (χ2n) is 6.44. The Morgan fingerprint density at radius 2 is 1.96 bits per heavy atom. The van der Waals surface area contributed by atoms with Crippen LogP contribution in [0.3, 0.4) is 0 Å². The molecule has 0 amide bonds. The van der Waals surface area contributed by atoms with Crippen LogP contribution in [0.25, 0.3) is 10.2 Å². The Morgan fingerprint density at radius 1 is 1.13 bits per heavy atom. The molecule has 2 aromatic heterocycles. The number of anilines is 1. The summed E-state index contributed by atoms with van der Waals surface area (Å²) in [6, 6.07) is 11.0. The van der Waals surface area contributed by atoms with Crippen molar-refractivity contribution in [1.29, 1.82) is 0 Å². The second-order valence-corrected chi connectivity index (χ2v) is 7.53. The first-order valence-corrected chi connectivity index (χ1v) is 9.11. The van der Waals surface area contributed by atoms with Crippen LogP contribution in [0.4, 0.5) is 5.82 Å². The summed E-state index contributed by atoms with van der Waals surface area (Å²) in [5, 5.41) is 1.30. The molecule has 3 aromatic rings. The minimum Gasteiger partial charge on any atom is -0.349 e. The van der Waals surface area contributed by atoms with Gasteiger partial charge in [0.15, 0.2) is 0 Å². The van der Waals surface area contributed by atoms with Crippen molar-refractivity contribution in [2.45, 2.75) is 45.7 Å². The monoisotopic (exact) mass is 323 g/mol. The highest BCUT2D eigenvalue weighted by molar-refractivity contribution is 7.19. The summed E-state index contributed by atoms with van der Waals surface area (Å²) in [6.07, 6.45) is 5.37. The van der Waals surface area contributed by atoms with Crippen LogP contribution in [-0.2, 0) is 19.4 Å². The zero-order valence-electron chi connectivity index (χ0n) is 13.6. The van der Waals surface area contributed by atoms with Crippen LogP contribution < -0.4 is 4.90 Å². The van der Waals surface area contributed by atoms with E-state index >= 15 is 0 Å². The average molecular weight is 323 g/mol. The van der Waals surface area contributed by atoms with Crippen molar-refractivity contribution in [3.05, 3.63) is 52.7 Å². The topological polar surface area (TPSA) is 29.0 Å². The van der Waals surface area contributed by atoms with Crippen LogP contribution in [0, 0.1) is 0 Å². The van der Waals surface area contributed by atoms with Crippen molar-refractivity contribution in [3.63, 3.8) is 0 Å². The number of fused-ring (bicyclic) bond motifs is 3. The molecule has 3 nitrogen and oxygen atoms in total. The van der Waals surface area contributed by atoms with Gasteiger partial charge >= 0.3 is 0 Å². The number of benzene rings is 1. The molecule has 0 aliphatic heterocycles. The summed E-state index contributed by atoms with van der Waals surface area (Å²) < 4.78 is 0. The van der Waals surface area contributed by atoms with Crippen molar-refractivity contribution in [3.8, 4) is 0 Å². The predicted molar refractivity (Wildman–Crippen MR) is 97.2 cm³/mol. The molecule has 118 valence electrons. The fraction of sp³-hybridized carbons (Fsp3) is 0.368. The molecule has 0 saturated heterocycles. The quantitative estimate of drug-likeness (QED) is 0.703. The highest BCUT2D eigenvalue weighted by Gasteiger charge is 2.24. The van der Waals surface area contributed by atoms with Crippen LogP contribution in [-0.4, -0.2) is 16.0 Å². The van der Waals surface area contributed by atoms with E-state index in [4.69, 9.17) is 4.98 Å². The van der Waals surface area contributed by atoms with Gasteiger partial charge in [0, 0.05) is 17.5 Å². The minimum absolute atomic E-state index is 0.394. The lowest BCUT2D eigenvalue weighted by molar-refractivity contribution is 0.674. The molecule has 0 spiro atoms. The minimum atomic E-state index is 0.394. The molecule has 0 N–H and O–H groups in total. The number of hydrogen-bond donors (Lipinski definition) is 0. The van der Waals surface area contributed by atoms with E-state index in [1.165, 1.54) is 40.7 Å². The summed E-state index contributed by atoms with van der Waals surface area (Å²) in [6.45, 7) is 5.36. The van der Waals surface area contributed by atoms with E-state index in [0.29, 0.717) is 6.04 Å². The Balaban J connectivity index is 1.81. The fourth-order valence-corrected chi connectivity index (χ4v) is 4.64. The Labute approximate surface area is 141 Å². The average Bonchev–Trinajstić information content (AvgIpc) is 3.13. The molecule has 1 aliphatic carbocycles. The van der Waals surface area contributed by atoms with Gasteiger partial charge in [-0.3, -0.25) is 0 Å². The van der Waals surface area contributed by atoms with Crippen molar-refractivity contribution in [2.24, 2.45) is 0 Å². The van der Waals surface area contributed by atoms with E-state index in [0.717, 1.165) is 17.2 Å². The molecule has 4 rings (SSSR count). The van der Waals surface area contributed by atoms with E-state index in [1.54, 1.807) is 6.33 Å². The first kappa shape index (κ1) is 14.6. The second kappa shape index (κ2) is 5.93. The zero-order chi connectivity index (χ0) is 15.8. The lowest BCUT2D eigenvalue weighted by atomic mass is 10.1. The van der Waals surface area contributed by atoms with Gasteiger partial charge in [-0.1, -0.05) is 30.3 Å². The van der Waals surface area contributed by atoms with Crippen molar-refractivity contribution >= 4 is 27.4 Å². The van der Waals surface area contributed by atoms with E-state index in [1.807, 2.05) is 11.3 Å². The smallest absolute Gasteiger partial charge is 0.141 e. The van der Waals surface area contributed by atoms with Gasteiger partial charge in [-0.2, -0.15) is 0 Å². The van der Waals surface area contributed by atoms with Gasteiger partial charge in [-0.15, -0.1) is 11.3 Å². The standard InChI is InChI=1S/C19H21N3S/c1-13(2)22(11-14-7-4-3-5-8-14)18-17-15-9-6-10-16(15)23-19(17)21-12-20-18/h3-5,7-8,12-13H,6,9-11H2,1-2H3. The summed E-state index contributed by atoms with van der Waals surface area (Å²) in [7, 11) is 0. The molecule has 2 heterocycles. The zero-order valence-corrected chi connectivity index (χ0v) is 14.4. The maximum Gasteiger partial charge on any atom is 0.141 e. The SMILES string of the molecule is CC(C)N(Cc1ccccc1)c1ncnc2sc3c(c12)CCC3. The number of nitrogens with zero attached hydrogens (tertiary/aromatic N) is 3. The number of rotatable bonds is 4. The number of aryl methyl sites for hydroxylation is 2. The molecule has 0 bridgehead atoms. The van der Waals surface area contributed by atoms with E-state index in [2.05, 4.69) is 54.1 Å². The Hall–Kier alpha value is -1.94. The third-order valence-corrected chi connectivity index (χ3v) is 5.77. The van der Waals surface area contributed by atoms with Crippen molar-refractivity contribution in [1.82, 2.24) is 9.97 Å². The Kier molecular flexibility index (Phi) is 3.77. The molecule has 1 aromatic carbocycles. The van der Waals surface area contributed by atoms with Crippen LogP contribution in [0.5, 0.6) is 0 Å². The van der Waals surface area contributed by atoms with E-state index in [-0.39, 0.29) is 0 Å². The lowest BCUT2D eigenvalue weighted by Crippen LogP contribution is -2.31. The Bertz CT molecular complexity index is 823. The largest absolute Gasteiger partial charge is 0.349 e. The summed E-state index contributed by atoms with van der Waals surface area (Å²) in [4.78, 5) is 14.3. The van der Waals surface area contributed by atoms with Gasteiger partial charge in [0.05, 0.1) is 5.39 Å². The third-order valence-electron chi connectivity index (χ3n) is 4.57. The molecule has 0 unspecified atom stereocenters. The van der Waals surface area contributed by atoms with E-state index < -0.39 is 0 Å². The molecule has 0 fully saturated rings. The van der Waals surface area contributed by atoms with Crippen LogP contribution in [0.2, 0.25) is 0 Å². The summed E-state index contributed by atoms with van der Waals surface area (Å²) in [5.74, 6) is 1.10. The van der Waals surface area contributed by atoms with Crippen molar-refractivity contribution < 1.29 is 0 Å². The highest BCUT2D eigenvalue weighted by Crippen LogP contribution is 2.40. The number of thiophene rings is 1. The molecular formula is C19H21N3S. The highest BCUT2D eigenvalue weighted by atomic mass is 32.1. The first-order valence-electron chi connectivity index (χ1n) is 8.30. The number of hydrogen-bond acceptors (Lipinski definition) is 4. The van der Waals surface area contributed by atoms with Gasteiger partial charge in [-0.25, -0.2) is 9.97 Å². The molecule has 0 radical (unpaired) electrons. The van der Waals surface area contributed by atoms with Crippen LogP contribution >= 0.6 is 11.3 Å². The van der Waals surface area contributed by atoms with E-state index in [9.17, 15) is 0 Å². The maximum atomic E-state index is 4.70. The molecule has 1 aliphatic rings. The maximum absolute atomic E-state index is 4.70. The van der Waals surface area contributed by atoms with Gasteiger partial charge in [0.25, 0.3) is 0 Å². The summed E-state index contributed by atoms with van der Waals surface area (Å²) in [5.41, 5.74) is 2.82. The van der Waals surface area contributed by atoms with Gasteiger partial charge < -0.3 is 4.90 Å². The van der Waals surface area contributed by atoms with Crippen LogP contribution in [0.15, 0.2) is 36.7 Å². The fourth-order valence-electron chi connectivity index (χ4n) is 3.41. The molecular weight excluding hydrogens is 302 g/mol. The number of aromatic nitrogens is 2. The van der Waals surface area contributed by atoms with Crippen molar-refractivity contribution in [2.75, 3.05) is 4.90 Å². The van der Waals surface area contributed by atoms with Gasteiger partial charge in [0.2, 0.25) is 0 Å². The predicted octanol–water partition coefficient (Wildman–Crippen LogP) is 4.60. The Morgan fingerprint density at radius 3 is 2.74 bits per heavy atom.